The van der Waals surface area contributed by atoms with Gasteiger partial charge in [-0.15, -0.1) is 0 Å². The first kappa shape index (κ1) is 24.9. The van der Waals surface area contributed by atoms with Gasteiger partial charge in [-0.05, 0) is 61.4 Å². The number of aliphatic hydroxyl groups excluding tert-OH is 1. The second kappa shape index (κ2) is 10.6. The molecule has 1 aliphatic rings. The minimum Gasteiger partial charge on any atom is -0.507 e. The summed E-state index contributed by atoms with van der Waals surface area (Å²) >= 11 is 0. The maximum absolute atomic E-state index is 13.3. The van der Waals surface area contributed by atoms with Gasteiger partial charge < -0.3 is 24.2 Å². The molecule has 0 aromatic heterocycles. The molecule has 1 fully saturated rings. The van der Waals surface area contributed by atoms with E-state index < -0.39 is 17.7 Å². The highest BCUT2D eigenvalue weighted by atomic mass is 16.5. The Morgan fingerprint density at radius 1 is 0.889 bits per heavy atom. The first-order chi connectivity index (χ1) is 17.3. The number of methoxy groups -OCH3 is 2. The zero-order valence-corrected chi connectivity index (χ0v) is 20.7. The molecule has 1 unspecified atom stereocenters. The van der Waals surface area contributed by atoms with Crippen molar-refractivity contribution in [1.29, 1.82) is 0 Å². The van der Waals surface area contributed by atoms with E-state index in [1.807, 2.05) is 38.1 Å². The van der Waals surface area contributed by atoms with Crippen LogP contribution in [-0.2, 0) is 16.1 Å². The summed E-state index contributed by atoms with van der Waals surface area (Å²) in [4.78, 5) is 28.0. The Morgan fingerprint density at radius 3 is 2.14 bits per heavy atom. The van der Waals surface area contributed by atoms with Crippen LogP contribution in [-0.4, -0.2) is 42.0 Å². The van der Waals surface area contributed by atoms with Crippen LogP contribution in [0.4, 0.5) is 0 Å². The van der Waals surface area contributed by atoms with Crippen LogP contribution in [0.3, 0.4) is 0 Å². The number of likely N-dealkylation sites (tertiary alicyclic amines) is 1. The van der Waals surface area contributed by atoms with Gasteiger partial charge in [-0.3, -0.25) is 9.59 Å². The van der Waals surface area contributed by atoms with E-state index in [0.29, 0.717) is 28.4 Å². The summed E-state index contributed by atoms with van der Waals surface area (Å²) in [7, 11) is 3.10. The number of hydrogen-bond donors (Lipinski definition) is 1. The monoisotopic (exact) mass is 487 g/mol. The molecule has 1 atom stereocenters. The second-order valence-corrected chi connectivity index (χ2v) is 8.74. The minimum atomic E-state index is -0.786. The lowest BCUT2D eigenvalue weighted by Gasteiger charge is -2.26. The Hall–Kier alpha value is -4.26. The zero-order valence-electron chi connectivity index (χ0n) is 20.7. The quantitative estimate of drug-likeness (QED) is 0.270. The average molecular weight is 488 g/mol. The van der Waals surface area contributed by atoms with Crippen molar-refractivity contribution in [3.8, 4) is 17.2 Å². The van der Waals surface area contributed by atoms with Gasteiger partial charge in [0.25, 0.3) is 11.7 Å². The number of Topliss-reactive ketones (excluding diaryl/α,β-unsaturated/α-hetero) is 1. The standard InChI is InChI=1S/C29H29NO6/c1-18(2)36-23-14-10-20(11-15-23)26-25(27(31)21-6-5-7-24(16-21)35-4)28(32)29(33)30(26)17-19-8-12-22(34-3)13-9-19/h5-16,18,26,31H,17H2,1-4H3/b27-25-. The fourth-order valence-corrected chi connectivity index (χ4v) is 4.24. The number of hydrogen-bond acceptors (Lipinski definition) is 6. The fraction of sp³-hybridized carbons (Fsp3) is 0.241. The summed E-state index contributed by atoms with van der Waals surface area (Å²) in [6, 6.07) is 20.5. The first-order valence-corrected chi connectivity index (χ1v) is 11.6. The maximum atomic E-state index is 13.3. The molecule has 186 valence electrons. The highest BCUT2D eigenvalue weighted by Gasteiger charge is 2.46. The van der Waals surface area contributed by atoms with E-state index in [4.69, 9.17) is 14.2 Å². The predicted octanol–water partition coefficient (Wildman–Crippen LogP) is 5.11. The highest BCUT2D eigenvalue weighted by Crippen LogP contribution is 2.41. The van der Waals surface area contributed by atoms with Crippen LogP contribution in [0, 0.1) is 0 Å². The summed E-state index contributed by atoms with van der Waals surface area (Å²) in [5.41, 5.74) is 1.92. The zero-order chi connectivity index (χ0) is 25.8. The minimum absolute atomic E-state index is 0.00428. The number of ether oxygens (including phenoxy) is 3. The number of nitrogens with zero attached hydrogens (tertiary/aromatic N) is 1. The molecule has 0 saturated carbocycles. The third kappa shape index (κ3) is 5.05. The molecule has 1 aliphatic heterocycles. The van der Waals surface area contributed by atoms with Crippen LogP contribution in [0.25, 0.3) is 5.76 Å². The van der Waals surface area contributed by atoms with Gasteiger partial charge >= 0.3 is 0 Å². The van der Waals surface area contributed by atoms with E-state index in [0.717, 1.165) is 5.56 Å². The van der Waals surface area contributed by atoms with Crippen LogP contribution in [0.2, 0.25) is 0 Å². The van der Waals surface area contributed by atoms with Gasteiger partial charge in [-0.2, -0.15) is 0 Å². The van der Waals surface area contributed by atoms with Crippen molar-refractivity contribution >= 4 is 17.4 Å². The van der Waals surface area contributed by atoms with Gasteiger partial charge in [0.1, 0.15) is 23.0 Å². The number of carbonyl (C=O) groups excluding carboxylic acids is 2. The first-order valence-electron chi connectivity index (χ1n) is 11.6. The van der Waals surface area contributed by atoms with Gasteiger partial charge in [-0.1, -0.05) is 36.4 Å². The predicted molar refractivity (Wildman–Crippen MR) is 136 cm³/mol. The Morgan fingerprint density at radius 2 is 1.53 bits per heavy atom. The molecule has 0 radical (unpaired) electrons. The molecule has 36 heavy (non-hydrogen) atoms. The van der Waals surface area contributed by atoms with E-state index in [9.17, 15) is 14.7 Å². The van der Waals surface area contributed by atoms with Crippen molar-refractivity contribution in [3.05, 3.63) is 95.1 Å². The topological polar surface area (TPSA) is 85.3 Å². The van der Waals surface area contributed by atoms with Crippen molar-refractivity contribution in [1.82, 2.24) is 4.90 Å². The molecule has 1 amide bonds. The van der Waals surface area contributed by atoms with Crippen LogP contribution in [0.1, 0.15) is 36.6 Å². The molecule has 3 aromatic rings. The van der Waals surface area contributed by atoms with Gasteiger partial charge in [0.15, 0.2) is 0 Å². The Labute approximate surface area is 210 Å². The lowest BCUT2D eigenvalue weighted by molar-refractivity contribution is -0.140. The van der Waals surface area contributed by atoms with E-state index in [1.54, 1.807) is 55.6 Å². The van der Waals surface area contributed by atoms with E-state index in [-0.39, 0.29) is 24.0 Å². The van der Waals surface area contributed by atoms with Crippen molar-refractivity contribution in [2.75, 3.05) is 14.2 Å². The molecule has 0 spiro atoms. The van der Waals surface area contributed by atoms with Crippen LogP contribution in [0.15, 0.2) is 78.4 Å². The normalized spacial score (nSPS) is 16.9. The van der Waals surface area contributed by atoms with Gasteiger partial charge in [0.2, 0.25) is 0 Å². The molecule has 4 rings (SSSR count). The average Bonchev–Trinajstić information content (AvgIpc) is 3.13. The van der Waals surface area contributed by atoms with Crippen LogP contribution < -0.4 is 14.2 Å². The van der Waals surface area contributed by atoms with E-state index >= 15 is 0 Å². The number of carbonyl (C=O) groups is 2. The lowest BCUT2D eigenvalue weighted by atomic mass is 9.95. The van der Waals surface area contributed by atoms with Crippen molar-refractivity contribution in [2.24, 2.45) is 0 Å². The fourth-order valence-electron chi connectivity index (χ4n) is 4.24. The molecule has 0 bridgehead atoms. The van der Waals surface area contributed by atoms with Gasteiger partial charge in [0.05, 0.1) is 31.9 Å². The number of rotatable bonds is 8. The molecule has 3 aromatic carbocycles. The number of aliphatic hydroxyl groups is 1. The third-order valence-corrected chi connectivity index (χ3v) is 5.96. The summed E-state index contributed by atoms with van der Waals surface area (Å²) in [6.07, 6.45) is 0.00428. The van der Waals surface area contributed by atoms with Crippen LogP contribution in [0.5, 0.6) is 17.2 Å². The molecule has 1 heterocycles. The Bertz CT molecular complexity index is 1280. The number of amides is 1. The molecule has 7 nitrogen and oxygen atoms in total. The van der Waals surface area contributed by atoms with Gasteiger partial charge in [0, 0.05) is 12.1 Å². The highest BCUT2D eigenvalue weighted by molar-refractivity contribution is 6.46. The Balaban J connectivity index is 1.81. The number of ketones is 1. The van der Waals surface area contributed by atoms with Gasteiger partial charge in [-0.25, -0.2) is 0 Å². The Kier molecular flexibility index (Phi) is 7.29. The van der Waals surface area contributed by atoms with E-state index in [1.165, 1.54) is 12.0 Å². The molecular formula is C29H29NO6. The van der Waals surface area contributed by atoms with Crippen molar-refractivity contribution in [2.45, 2.75) is 32.5 Å². The number of benzene rings is 3. The molecule has 0 aliphatic carbocycles. The van der Waals surface area contributed by atoms with E-state index in [2.05, 4.69) is 0 Å². The second-order valence-electron chi connectivity index (χ2n) is 8.74. The summed E-state index contributed by atoms with van der Waals surface area (Å²) < 4.78 is 16.2. The largest absolute Gasteiger partial charge is 0.507 e. The smallest absolute Gasteiger partial charge is 0.295 e. The summed E-state index contributed by atoms with van der Waals surface area (Å²) in [5.74, 6) is 0.221. The molecule has 1 N–H and O–H groups in total. The third-order valence-electron chi connectivity index (χ3n) is 5.96. The molecular weight excluding hydrogens is 458 g/mol. The molecule has 7 heteroatoms. The van der Waals surface area contributed by atoms with Crippen molar-refractivity contribution in [3.63, 3.8) is 0 Å². The van der Waals surface area contributed by atoms with Crippen molar-refractivity contribution < 1.29 is 28.9 Å². The summed E-state index contributed by atoms with van der Waals surface area (Å²) in [6.45, 7) is 4.05. The lowest BCUT2D eigenvalue weighted by Crippen LogP contribution is -2.29. The molecule has 1 saturated heterocycles. The SMILES string of the molecule is COc1ccc(CN2C(=O)C(=O)/C(=C(\O)c3cccc(OC)c3)C2c2ccc(OC(C)C)cc2)cc1. The summed E-state index contributed by atoms with van der Waals surface area (Å²) in [5, 5.41) is 11.3. The maximum Gasteiger partial charge on any atom is 0.295 e. The van der Waals surface area contributed by atoms with Crippen LogP contribution >= 0.6 is 0 Å².